The number of amides is 1. The average molecular weight is 1130 g/mol. The smallest absolute Gasteiger partial charge is 0.338 e. The van der Waals surface area contributed by atoms with Gasteiger partial charge in [-0.15, -0.1) is 0 Å². The molecule has 0 saturated carbocycles. The van der Waals surface area contributed by atoms with E-state index in [4.69, 9.17) is 33.2 Å². The van der Waals surface area contributed by atoms with Gasteiger partial charge in [-0.1, -0.05) is 107 Å². The molecule has 432 valence electrons. The summed E-state index contributed by atoms with van der Waals surface area (Å²) in [5.74, 6) is -3.27. The molecule has 5 rings (SSSR count). The van der Waals surface area contributed by atoms with Gasteiger partial charge >= 0.3 is 41.8 Å². The molecule has 0 unspecified atom stereocenters. The van der Waals surface area contributed by atoms with E-state index in [1.807, 2.05) is 42.5 Å². The molecule has 0 aliphatic carbocycles. The van der Waals surface area contributed by atoms with Crippen LogP contribution in [-0.4, -0.2) is 92.1 Å². The van der Waals surface area contributed by atoms with Gasteiger partial charge in [0.1, 0.15) is 30.5 Å². The third-order valence-corrected chi connectivity index (χ3v) is 11.7. The summed E-state index contributed by atoms with van der Waals surface area (Å²) in [6.45, 7) is 35.9. The summed E-state index contributed by atoms with van der Waals surface area (Å²) in [6, 6.07) is 33.9. The van der Waals surface area contributed by atoms with Crippen LogP contribution in [0.15, 0.2) is 200 Å². The van der Waals surface area contributed by atoms with Gasteiger partial charge in [-0.2, -0.15) is 0 Å². The van der Waals surface area contributed by atoms with Crippen LogP contribution in [0.5, 0.6) is 17.2 Å². The van der Waals surface area contributed by atoms with Crippen LogP contribution < -0.4 is 14.2 Å². The maximum atomic E-state index is 14.1. The van der Waals surface area contributed by atoms with Crippen molar-refractivity contribution in [3.05, 3.63) is 211 Å². The standard InChI is InChI=1S/C39H39NO9.C28H30O6/c1-24(2)36(42)46-19-17-40(18-20-47-37(43)25(3)4)35(41)32-22-30(28-9-13-33(14-10-28)48-38(44)26(5)6)21-31(23-32)29-11-15-34(16-12-29)49-39(45)27(7)8;1-18(2)26(29)32-16-22(17-33-27(30)19(3)4)15-21-7-9-23(10-8-21)24-11-13-25(14-12-24)34-28(31)20(5)6/h9-16,21-23H,1,3,5,7,17-20H2,2,4,6,8H3;7-14,22H,1,3,5,15-17H2,2,4,6H3. The average Bonchev–Trinajstić information content (AvgIpc) is 3.66. The molecule has 16 heteroatoms. The Morgan fingerprint density at radius 2 is 0.639 bits per heavy atom. The maximum absolute atomic E-state index is 14.1. The number of nitrogens with zero attached hydrogens (tertiary/aromatic N) is 1. The third kappa shape index (κ3) is 21.6. The highest BCUT2D eigenvalue weighted by Gasteiger charge is 2.21. The Morgan fingerprint density at radius 3 is 0.940 bits per heavy atom. The first kappa shape index (κ1) is 65.6. The van der Waals surface area contributed by atoms with E-state index >= 15 is 0 Å². The molecule has 0 spiro atoms. The number of carbonyl (C=O) groups is 8. The van der Waals surface area contributed by atoms with Crippen molar-refractivity contribution in [2.24, 2.45) is 5.92 Å². The fourth-order valence-corrected chi connectivity index (χ4v) is 7.02. The zero-order chi connectivity index (χ0) is 61.5. The molecular formula is C67H69NO15. The molecule has 0 N–H and O–H groups in total. The van der Waals surface area contributed by atoms with Crippen LogP contribution in [-0.2, 0) is 58.9 Å². The molecule has 5 aromatic carbocycles. The van der Waals surface area contributed by atoms with Gasteiger partial charge in [0.15, 0.2) is 0 Å². The maximum Gasteiger partial charge on any atom is 0.338 e. The quantitative estimate of drug-likeness (QED) is 0.0219. The number of esters is 7. The lowest BCUT2D eigenvalue weighted by molar-refractivity contribution is -0.144. The van der Waals surface area contributed by atoms with Crippen LogP contribution in [0.4, 0.5) is 0 Å². The topological polar surface area (TPSA) is 204 Å². The molecule has 0 bridgehead atoms. The molecule has 0 aromatic heterocycles. The molecule has 0 aliphatic rings. The van der Waals surface area contributed by atoms with Gasteiger partial charge in [-0.05, 0) is 148 Å². The van der Waals surface area contributed by atoms with Crippen molar-refractivity contribution in [3.8, 4) is 50.6 Å². The van der Waals surface area contributed by atoms with Crippen molar-refractivity contribution in [1.82, 2.24) is 4.90 Å². The molecule has 0 radical (unpaired) electrons. The van der Waals surface area contributed by atoms with Crippen molar-refractivity contribution in [3.63, 3.8) is 0 Å². The molecular weight excluding hydrogens is 1060 g/mol. The highest BCUT2D eigenvalue weighted by atomic mass is 16.6. The van der Waals surface area contributed by atoms with E-state index in [2.05, 4.69) is 46.1 Å². The zero-order valence-corrected chi connectivity index (χ0v) is 48.0. The zero-order valence-electron chi connectivity index (χ0n) is 48.0. The first-order valence-electron chi connectivity index (χ1n) is 26.0. The van der Waals surface area contributed by atoms with Crippen LogP contribution in [0, 0.1) is 5.92 Å². The van der Waals surface area contributed by atoms with Crippen LogP contribution in [0.2, 0.25) is 0 Å². The van der Waals surface area contributed by atoms with Crippen molar-refractivity contribution >= 4 is 47.7 Å². The van der Waals surface area contributed by atoms with Gasteiger partial charge < -0.3 is 38.1 Å². The van der Waals surface area contributed by atoms with Crippen molar-refractivity contribution in [2.75, 3.05) is 39.5 Å². The Hall–Kier alpha value is -9.96. The largest absolute Gasteiger partial charge is 0.462 e. The fourth-order valence-electron chi connectivity index (χ4n) is 7.02. The molecule has 0 saturated heterocycles. The Bertz CT molecular complexity index is 3160. The summed E-state index contributed by atoms with van der Waals surface area (Å²) < 4.78 is 36.9. The molecule has 0 heterocycles. The van der Waals surface area contributed by atoms with Gasteiger partial charge in [-0.3, -0.25) is 4.79 Å². The lowest BCUT2D eigenvalue weighted by Crippen LogP contribution is -2.37. The van der Waals surface area contributed by atoms with Gasteiger partial charge in [0.05, 0.1) is 26.3 Å². The molecule has 83 heavy (non-hydrogen) atoms. The van der Waals surface area contributed by atoms with E-state index in [1.54, 1.807) is 107 Å². The third-order valence-electron chi connectivity index (χ3n) is 11.7. The summed E-state index contributed by atoms with van der Waals surface area (Å²) in [4.78, 5) is 98.7. The Kier molecular flexibility index (Phi) is 25.1. The molecule has 0 aliphatic heterocycles. The summed E-state index contributed by atoms with van der Waals surface area (Å²) in [7, 11) is 0. The predicted molar refractivity (Wildman–Crippen MR) is 317 cm³/mol. The molecule has 1 amide bonds. The summed E-state index contributed by atoms with van der Waals surface area (Å²) in [5.41, 5.74) is 7.90. The fraction of sp³-hybridized carbons (Fsp3) is 0.224. The van der Waals surface area contributed by atoms with E-state index in [1.165, 1.54) is 18.7 Å². The Morgan fingerprint density at radius 1 is 0.361 bits per heavy atom. The van der Waals surface area contributed by atoms with Crippen LogP contribution >= 0.6 is 0 Å². The Labute approximate surface area is 484 Å². The second kappa shape index (κ2) is 31.7. The van der Waals surface area contributed by atoms with Gasteiger partial charge in [-0.25, -0.2) is 33.6 Å². The number of benzene rings is 5. The normalized spacial score (nSPS) is 10.3. The van der Waals surface area contributed by atoms with E-state index in [0.29, 0.717) is 57.1 Å². The van der Waals surface area contributed by atoms with E-state index < -0.39 is 47.7 Å². The van der Waals surface area contributed by atoms with Crippen molar-refractivity contribution in [1.29, 1.82) is 0 Å². The lowest BCUT2D eigenvalue weighted by Gasteiger charge is -2.23. The van der Waals surface area contributed by atoms with E-state index in [0.717, 1.165) is 27.8 Å². The second-order valence-electron chi connectivity index (χ2n) is 19.5. The summed E-state index contributed by atoms with van der Waals surface area (Å²) >= 11 is 0. The minimum Gasteiger partial charge on any atom is -0.462 e. The highest BCUT2D eigenvalue weighted by molar-refractivity contribution is 5.98. The summed E-state index contributed by atoms with van der Waals surface area (Å²) in [5, 5.41) is 0. The number of hydrogen-bond acceptors (Lipinski definition) is 15. The predicted octanol–water partition coefficient (Wildman–Crippen LogP) is 11.9. The number of hydrogen-bond donors (Lipinski definition) is 0. The van der Waals surface area contributed by atoms with Crippen molar-refractivity contribution < 1.29 is 71.5 Å². The number of rotatable bonds is 26. The van der Waals surface area contributed by atoms with E-state index in [9.17, 15) is 38.4 Å². The van der Waals surface area contributed by atoms with E-state index in [-0.39, 0.29) is 67.7 Å². The minimum absolute atomic E-state index is 0.00755. The summed E-state index contributed by atoms with van der Waals surface area (Å²) in [6.07, 6.45) is 0.545. The Balaban J connectivity index is 0.000000381. The molecule has 0 fully saturated rings. The van der Waals surface area contributed by atoms with Crippen molar-refractivity contribution in [2.45, 2.75) is 54.9 Å². The first-order chi connectivity index (χ1) is 39.2. The van der Waals surface area contributed by atoms with Crippen LogP contribution in [0.1, 0.15) is 64.4 Å². The SMILES string of the molecule is C=C(C)C(=O)OCC(COC(=O)C(=C)C)Cc1ccc(-c2ccc(OC(=O)C(=C)C)cc2)cc1.C=C(C)C(=O)OCCN(CCOC(=O)C(=C)C)C(=O)c1cc(-c2ccc(OC(=O)C(=C)C)cc2)cc(-c2ccc(OC(=O)C(=C)C)cc2)c1. The van der Waals surface area contributed by atoms with Gasteiger partial charge in [0.25, 0.3) is 5.91 Å². The minimum atomic E-state index is -0.597. The van der Waals surface area contributed by atoms with Crippen LogP contribution in [0.25, 0.3) is 33.4 Å². The highest BCUT2D eigenvalue weighted by Crippen LogP contribution is 2.32. The molecule has 5 aromatic rings. The first-order valence-corrected chi connectivity index (χ1v) is 26.0. The number of ether oxygens (including phenoxy) is 7. The lowest BCUT2D eigenvalue weighted by atomic mass is 9.95. The number of carbonyl (C=O) groups excluding carboxylic acids is 8. The second-order valence-corrected chi connectivity index (χ2v) is 19.5. The van der Waals surface area contributed by atoms with Crippen LogP contribution in [0.3, 0.4) is 0 Å². The van der Waals surface area contributed by atoms with Gasteiger partial charge in [0.2, 0.25) is 0 Å². The molecule has 0 atom stereocenters. The van der Waals surface area contributed by atoms with Gasteiger partial charge in [0, 0.05) is 50.5 Å². The monoisotopic (exact) mass is 1130 g/mol. The molecule has 16 nitrogen and oxygen atoms in total.